The summed E-state index contributed by atoms with van der Waals surface area (Å²) in [5, 5.41) is 3.19. The summed E-state index contributed by atoms with van der Waals surface area (Å²) in [5.74, 6) is -1.03. The second kappa shape index (κ2) is 7.00. The second-order valence-electron chi connectivity index (χ2n) is 4.61. The van der Waals surface area contributed by atoms with Gasteiger partial charge in [0.1, 0.15) is 0 Å². The van der Waals surface area contributed by atoms with Gasteiger partial charge in [-0.05, 0) is 37.7 Å². The first kappa shape index (κ1) is 15.9. The minimum atomic E-state index is -0.538. The molecule has 1 atom stereocenters. The Morgan fingerprint density at radius 1 is 1.19 bits per heavy atom. The number of halogens is 3. The van der Waals surface area contributed by atoms with Crippen molar-refractivity contribution in [2.45, 2.75) is 19.9 Å². The van der Waals surface area contributed by atoms with Gasteiger partial charge in [0.25, 0.3) is 0 Å². The summed E-state index contributed by atoms with van der Waals surface area (Å²) in [4.78, 5) is 0. The van der Waals surface area contributed by atoms with Crippen LogP contribution in [-0.2, 0) is 0 Å². The molecule has 0 fully saturated rings. The van der Waals surface area contributed by atoms with Crippen molar-refractivity contribution in [2.24, 2.45) is 0 Å². The molecule has 0 spiro atoms. The summed E-state index contributed by atoms with van der Waals surface area (Å²) < 4.78 is 34.0. The lowest BCUT2D eigenvalue weighted by Crippen LogP contribution is -2.18. The minimum Gasteiger partial charge on any atom is -0.451 e. The van der Waals surface area contributed by atoms with Crippen molar-refractivity contribution in [3.05, 3.63) is 58.1 Å². The molecule has 5 heteroatoms. The quantitative estimate of drug-likeness (QED) is 0.796. The monoisotopic (exact) mass is 355 g/mol. The van der Waals surface area contributed by atoms with Crippen LogP contribution in [0.25, 0.3) is 0 Å². The Morgan fingerprint density at radius 3 is 2.67 bits per heavy atom. The van der Waals surface area contributed by atoms with Gasteiger partial charge in [-0.1, -0.05) is 35.0 Å². The maximum absolute atomic E-state index is 14.1. The van der Waals surface area contributed by atoms with Crippen LogP contribution < -0.4 is 10.1 Å². The lowest BCUT2D eigenvalue weighted by Gasteiger charge is -2.18. The van der Waals surface area contributed by atoms with E-state index in [9.17, 15) is 8.78 Å². The fraction of sp³-hybridized carbons (Fsp3) is 0.250. The van der Waals surface area contributed by atoms with Gasteiger partial charge in [0, 0.05) is 16.1 Å². The first-order chi connectivity index (χ1) is 10.0. The van der Waals surface area contributed by atoms with Crippen molar-refractivity contribution in [3.8, 4) is 11.5 Å². The summed E-state index contributed by atoms with van der Waals surface area (Å²) >= 11 is 3.25. The molecule has 0 heterocycles. The molecule has 2 nitrogen and oxygen atoms in total. The summed E-state index contributed by atoms with van der Waals surface area (Å²) in [7, 11) is 0. The fourth-order valence-electron chi connectivity index (χ4n) is 2.06. The van der Waals surface area contributed by atoms with E-state index in [1.54, 1.807) is 18.2 Å². The van der Waals surface area contributed by atoms with E-state index in [1.807, 2.05) is 13.8 Å². The van der Waals surface area contributed by atoms with Crippen LogP contribution in [0.4, 0.5) is 8.78 Å². The van der Waals surface area contributed by atoms with Gasteiger partial charge in [-0.15, -0.1) is 0 Å². The number of rotatable bonds is 5. The maximum Gasteiger partial charge on any atom is 0.167 e. The third kappa shape index (κ3) is 3.80. The number of hydrogen-bond donors (Lipinski definition) is 1. The highest BCUT2D eigenvalue weighted by Crippen LogP contribution is 2.34. The van der Waals surface area contributed by atoms with Gasteiger partial charge in [-0.25, -0.2) is 8.78 Å². The van der Waals surface area contributed by atoms with E-state index in [4.69, 9.17) is 4.74 Å². The molecule has 1 N–H and O–H groups in total. The molecule has 0 aliphatic rings. The number of nitrogens with one attached hydrogen (secondary N) is 1. The van der Waals surface area contributed by atoms with Crippen LogP contribution in [0.3, 0.4) is 0 Å². The largest absolute Gasteiger partial charge is 0.451 e. The predicted octanol–water partition coefficient (Wildman–Crippen LogP) is 5.19. The van der Waals surface area contributed by atoms with E-state index >= 15 is 0 Å². The molecule has 0 saturated carbocycles. The average molecular weight is 356 g/mol. The Labute approximate surface area is 131 Å². The van der Waals surface area contributed by atoms with Crippen molar-refractivity contribution < 1.29 is 13.5 Å². The first-order valence-corrected chi connectivity index (χ1v) is 7.47. The van der Waals surface area contributed by atoms with Gasteiger partial charge in [0.15, 0.2) is 23.1 Å². The fourth-order valence-corrected chi connectivity index (χ4v) is 2.40. The van der Waals surface area contributed by atoms with Crippen LogP contribution in [0.5, 0.6) is 11.5 Å². The normalized spacial score (nSPS) is 12.2. The van der Waals surface area contributed by atoms with Gasteiger partial charge in [-0.3, -0.25) is 0 Å². The Morgan fingerprint density at radius 2 is 1.95 bits per heavy atom. The molecular weight excluding hydrogens is 340 g/mol. The molecule has 0 radical (unpaired) electrons. The van der Waals surface area contributed by atoms with Crippen molar-refractivity contribution in [1.29, 1.82) is 0 Å². The molecule has 1 unspecified atom stereocenters. The minimum absolute atomic E-state index is 0.0144. The van der Waals surface area contributed by atoms with Crippen LogP contribution in [0.15, 0.2) is 40.9 Å². The van der Waals surface area contributed by atoms with Crippen LogP contribution >= 0.6 is 15.9 Å². The smallest absolute Gasteiger partial charge is 0.167 e. The number of benzene rings is 2. The molecule has 21 heavy (non-hydrogen) atoms. The first-order valence-electron chi connectivity index (χ1n) is 6.67. The third-order valence-electron chi connectivity index (χ3n) is 3.08. The lowest BCUT2D eigenvalue weighted by molar-refractivity contribution is 0.402. The Hall–Kier alpha value is -1.46. The van der Waals surface area contributed by atoms with E-state index in [1.165, 1.54) is 18.2 Å². The van der Waals surface area contributed by atoms with Crippen LogP contribution in [0.2, 0.25) is 0 Å². The number of para-hydroxylation sites is 1. The molecular formula is C16H16BrF2NO. The molecule has 0 bridgehead atoms. The summed E-state index contributed by atoms with van der Waals surface area (Å²) in [6.07, 6.45) is 0. The zero-order chi connectivity index (χ0) is 15.4. The SMILES string of the molecule is CCNC(C)c1cccc(F)c1Oc1cc(Br)ccc1F. The molecule has 0 amide bonds. The van der Waals surface area contributed by atoms with Crippen molar-refractivity contribution in [1.82, 2.24) is 5.32 Å². The molecule has 2 rings (SSSR count). The lowest BCUT2D eigenvalue weighted by atomic mass is 10.1. The summed E-state index contributed by atoms with van der Waals surface area (Å²) in [5.41, 5.74) is 0.649. The summed E-state index contributed by atoms with van der Waals surface area (Å²) in [6.45, 7) is 4.61. The van der Waals surface area contributed by atoms with Crippen molar-refractivity contribution >= 4 is 15.9 Å². The van der Waals surface area contributed by atoms with Crippen LogP contribution in [0, 0.1) is 11.6 Å². The second-order valence-corrected chi connectivity index (χ2v) is 5.53. The van der Waals surface area contributed by atoms with E-state index in [2.05, 4.69) is 21.2 Å². The molecule has 0 saturated heterocycles. The third-order valence-corrected chi connectivity index (χ3v) is 3.57. The Balaban J connectivity index is 2.41. The highest BCUT2D eigenvalue weighted by Gasteiger charge is 2.17. The topological polar surface area (TPSA) is 21.3 Å². The van der Waals surface area contributed by atoms with E-state index in [0.29, 0.717) is 10.0 Å². The maximum atomic E-state index is 14.1. The van der Waals surface area contributed by atoms with Gasteiger partial charge in [-0.2, -0.15) is 0 Å². The van der Waals surface area contributed by atoms with Gasteiger partial charge in [0.2, 0.25) is 0 Å². The number of hydrogen-bond acceptors (Lipinski definition) is 2. The summed E-state index contributed by atoms with van der Waals surface area (Å²) in [6, 6.07) is 8.89. The van der Waals surface area contributed by atoms with Crippen molar-refractivity contribution in [3.63, 3.8) is 0 Å². The molecule has 2 aromatic rings. The van der Waals surface area contributed by atoms with E-state index in [-0.39, 0.29) is 17.5 Å². The van der Waals surface area contributed by atoms with Crippen LogP contribution in [-0.4, -0.2) is 6.54 Å². The highest BCUT2D eigenvalue weighted by molar-refractivity contribution is 9.10. The molecule has 0 aliphatic heterocycles. The van der Waals surface area contributed by atoms with E-state index in [0.717, 1.165) is 6.54 Å². The van der Waals surface area contributed by atoms with Crippen LogP contribution in [0.1, 0.15) is 25.5 Å². The molecule has 0 aliphatic carbocycles. The highest BCUT2D eigenvalue weighted by atomic mass is 79.9. The molecule has 112 valence electrons. The average Bonchev–Trinajstić information content (AvgIpc) is 2.45. The number of ether oxygens (including phenoxy) is 1. The molecule has 0 aromatic heterocycles. The standard InChI is InChI=1S/C16H16BrF2NO/c1-3-20-10(2)12-5-4-6-14(19)16(12)21-15-9-11(17)7-8-13(15)18/h4-10,20H,3H2,1-2H3. The Kier molecular flexibility index (Phi) is 5.31. The van der Waals surface area contributed by atoms with E-state index < -0.39 is 11.6 Å². The predicted molar refractivity (Wildman–Crippen MR) is 82.7 cm³/mol. The zero-order valence-electron chi connectivity index (χ0n) is 11.8. The molecule has 2 aromatic carbocycles. The van der Waals surface area contributed by atoms with Gasteiger partial charge < -0.3 is 10.1 Å². The Bertz CT molecular complexity index is 634. The van der Waals surface area contributed by atoms with Crippen molar-refractivity contribution in [2.75, 3.05) is 6.54 Å². The zero-order valence-corrected chi connectivity index (χ0v) is 13.4. The van der Waals surface area contributed by atoms with Gasteiger partial charge >= 0.3 is 0 Å². The van der Waals surface area contributed by atoms with Gasteiger partial charge in [0.05, 0.1) is 0 Å².